The molecule has 1 aliphatic carbocycles. The number of nitrogens with one attached hydrogen (secondary N) is 1. The van der Waals surface area contributed by atoms with Gasteiger partial charge in [-0.25, -0.2) is 0 Å². The molecule has 3 heteroatoms. The van der Waals surface area contributed by atoms with Gasteiger partial charge in [-0.05, 0) is 57.1 Å². The van der Waals surface area contributed by atoms with Gasteiger partial charge in [0.05, 0.1) is 0 Å². The summed E-state index contributed by atoms with van der Waals surface area (Å²) in [5.41, 5.74) is 1.34. The third-order valence-electron chi connectivity index (χ3n) is 3.76. The predicted molar refractivity (Wildman–Crippen MR) is 73.4 cm³/mol. The summed E-state index contributed by atoms with van der Waals surface area (Å²) in [7, 11) is 4.26. The highest BCUT2D eigenvalue weighted by Crippen LogP contribution is 2.31. The highest BCUT2D eigenvalue weighted by Gasteiger charge is 2.32. The van der Waals surface area contributed by atoms with Crippen molar-refractivity contribution in [1.29, 1.82) is 0 Å². The molecule has 1 aliphatic rings. The minimum Gasteiger partial charge on any atom is -0.319 e. The molecule has 2 rings (SSSR count). The van der Waals surface area contributed by atoms with Gasteiger partial charge in [-0.1, -0.05) is 23.7 Å². The van der Waals surface area contributed by atoms with Crippen LogP contribution < -0.4 is 5.32 Å². The lowest BCUT2D eigenvalue weighted by atomic mass is 9.78. The van der Waals surface area contributed by atoms with Crippen molar-refractivity contribution in [2.75, 3.05) is 20.6 Å². The van der Waals surface area contributed by atoms with Gasteiger partial charge in [0.1, 0.15) is 0 Å². The van der Waals surface area contributed by atoms with Crippen LogP contribution in [0.5, 0.6) is 0 Å². The highest BCUT2D eigenvalue weighted by molar-refractivity contribution is 6.30. The third kappa shape index (κ3) is 3.21. The molecule has 0 heterocycles. The number of nitrogens with zero attached hydrogens (tertiary/aromatic N) is 1. The van der Waals surface area contributed by atoms with E-state index < -0.39 is 0 Å². The van der Waals surface area contributed by atoms with Crippen molar-refractivity contribution in [2.45, 2.75) is 25.4 Å². The van der Waals surface area contributed by atoms with Crippen molar-refractivity contribution in [2.24, 2.45) is 5.92 Å². The molecule has 0 aromatic heterocycles. The molecule has 0 saturated heterocycles. The first-order chi connectivity index (χ1) is 8.20. The second-order valence-electron chi connectivity index (χ2n) is 5.00. The van der Waals surface area contributed by atoms with Crippen molar-refractivity contribution < 1.29 is 0 Å². The molecule has 1 aromatic carbocycles. The normalized spacial score (nSPS) is 23.8. The fraction of sp³-hybridized carbons (Fsp3) is 0.571. The molecule has 0 amide bonds. The van der Waals surface area contributed by atoms with E-state index in [4.69, 9.17) is 11.6 Å². The molecule has 2 nitrogen and oxygen atoms in total. The standard InChI is InChI=1S/C14H21ClN2/c1-16-9-12-5-8-14(12)17(2)10-11-3-6-13(15)7-4-11/h3-4,6-7,12,14,16H,5,8-10H2,1-2H3. The first-order valence-electron chi connectivity index (χ1n) is 6.30. The second-order valence-corrected chi connectivity index (χ2v) is 5.44. The van der Waals surface area contributed by atoms with Crippen LogP contribution in [0.2, 0.25) is 5.02 Å². The van der Waals surface area contributed by atoms with Crippen LogP contribution in [0.1, 0.15) is 18.4 Å². The Bertz CT molecular complexity index is 350. The third-order valence-corrected chi connectivity index (χ3v) is 4.01. The quantitative estimate of drug-likeness (QED) is 0.867. The van der Waals surface area contributed by atoms with Crippen molar-refractivity contribution in [3.63, 3.8) is 0 Å². The molecule has 1 N–H and O–H groups in total. The molecule has 2 atom stereocenters. The summed E-state index contributed by atoms with van der Waals surface area (Å²) in [6.45, 7) is 2.15. The Kier molecular flexibility index (Phi) is 4.43. The van der Waals surface area contributed by atoms with Gasteiger partial charge in [-0.15, -0.1) is 0 Å². The minimum absolute atomic E-state index is 0.734. The van der Waals surface area contributed by atoms with Gasteiger partial charge in [-0.2, -0.15) is 0 Å². The Hall–Kier alpha value is -0.570. The highest BCUT2D eigenvalue weighted by atomic mass is 35.5. The number of halogens is 1. The van der Waals surface area contributed by atoms with Crippen molar-refractivity contribution in [3.8, 4) is 0 Å². The maximum atomic E-state index is 5.89. The van der Waals surface area contributed by atoms with E-state index in [1.807, 2.05) is 19.2 Å². The molecule has 0 radical (unpaired) electrons. The first-order valence-corrected chi connectivity index (χ1v) is 6.68. The van der Waals surface area contributed by atoms with Crippen LogP contribution in [-0.2, 0) is 6.54 Å². The van der Waals surface area contributed by atoms with E-state index in [0.717, 1.165) is 30.1 Å². The molecule has 1 aromatic rings. The van der Waals surface area contributed by atoms with E-state index in [1.54, 1.807) is 0 Å². The molecule has 0 spiro atoms. The zero-order valence-corrected chi connectivity index (χ0v) is 11.4. The molecule has 0 aliphatic heterocycles. The Balaban J connectivity index is 1.88. The smallest absolute Gasteiger partial charge is 0.0406 e. The Morgan fingerprint density at radius 1 is 1.29 bits per heavy atom. The van der Waals surface area contributed by atoms with Crippen LogP contribution >= 0.6 is 11.6 Å². The summed E-state index contributed by atoms with van der Waals surface area (Å²) in [6.07, 6.45) is 2.69. The van der Waals surface area contributed by atoms with Gasteiger partial charge in [0.25, 0.3) is 0 Å². The second kappa shape index (κ2) is 5.85. The Labute approximate surface area is 109 Å². The molecule has 94 valence electrons. The summed E-state index contributed by atoms with van der Waals surface area (Å²) < 4.78 is 0. The van der Waals surface area contributed by atoms with Crippen LogP contribution in [0.15, 0.2) is 24.3 Å². The maximum Gasteiger partial charge on any atom is 0.0406 e. The average molecular weight is 253 g/mol. The van der Waals surface area contributed by atoms with Crippen LogP contribution in [0.4, 0.5) is 0 Å². The average Bonchev–Trinajstić information content (AvgIpc) is 2.27. The van der Waals surface area contributed by atoms with E-state index in [1.165, 1.54) is 18.4 Å². The molecule has 1 saturated carbocycles. The Morgan fingerprint density at radius 3 is 2.53 bits per heavy atom. The lowest BCUT2D eigenvalue weighted by molar-refractivity contribution is 0.0793. The lowest BCUT2D eigenvalue weighted by Crippen LogP contribution is -2.48. The summed E-state index contributed by atoms with van der Waals surface area (Å²) in [5, 5.41) is 4.09. The lowest BCUT2D eigenvalue weighted by Gasteiger charge is -2.43. The van der Waals surface area contributed by atoms with Gasteiger partial charge in [0.15, 0.2) is 0 Å². The Morgan fingerprint density at radius 2 is 2.00 bits per heavy atom. The van der Waals surface area contributed by atoms with Gasteiger partial charge in [0, 0.05) is 17.6 Å². The molecule has 17 heavy (non-hydrogen) atoms. The van der Waals surface area contributed by atoms with E-state index in [9.17, 15) is 0 Å². The van der Waals surface area contributed by atoms with Crippen LogP contribution in [-0.4, -0.2) is 31.6 Å². The number of hydrogen-bond acceptors (Lipinski definition) is 2. The summed E-state index contributed by atoms with van der Waals surface area (Å²) in [6, 6.07) is 8.90. The van der Waals surface area contributed by atoms with Crippen LogP contribution in [0, 0.1) is 5.92 Å². The van der Waals surface area contributed by atoms with E-state index in [2.05, 4.69) is 29.4 Å². The van der Waals surface area contributed by atoms with E-state index in [-0.39, 0.29) is 0 Å². The van der Waals surface area contributed by atoms with Crippen LogP contribution in [0.3, 0.4) is 0 Å². The summed E-state index contributed by atoms with van der Waals surface area (Å²) >= 11 is 5.89. The number of hydrogen-bond donors (Lipinski definition) is 1. The maximum absolute atomic E-state index is 5.89. The molecule has 2 unspecified atom stereocenters. The number of rotatable bonds is 5. The molecular weight excluding hydrogens is 232 g/mol. The topological polar surface area (TPSA) is 15.3 Å². The zero-order valence-electron chi connectivity index (χ0n) is 10.6. The fourth-order valence-corrected chi connectivity index (χ4v) is 2.75. The number of benzene rings is 1. The van der Waals surface area contributed by atoms with Gasteiger partial charge >= 0.3 is 0 Å². The minimum atomic E-state index is 0.734. The summed E-state index contributed by atoms with van der Waals surface area (Å²) in [4.78, 5) is 2.47. The SMILES string of the molecule is CNCC1CCC1N(C)Cc1ccc(Cl)cc1. The molecule has 1 fully saturated rings. The van der Waals surface area contributed by atoms with E-state index in [0.29, 0.717) is 0 Å². The van der Waals surface area contributed by atoms with Crippen molar-refractivity contribution in [1.82, 2.24) is 10.2 Å². The van der Waals surface area contributed by atoms with Gasteiger partial charge < -0.3 is 5.32 Å². The summed E-state index contributed by atoms with van der Waals surface area (Å²) in [5.74, 6) is 0.817. The van der Waals surface area contributed by atoms with Crippen molar-refractivity contribution >= 4 is 11.6 Å². The largest absolute Gasteiger partial charge is 0.319 e. The van der Waals surface area contributed by atoms with Gasteiger partial charge in [-0.3, -0.25) is 4.90 Å². The molecule has 0 bridgehead atoms. The fourth-order valence-electron chi connectivity index (χ4n) is 2.63. The van der Waals surface area contributed by atoms with Crippen molar-refractivity contribution in [3.05, 3.63) is 34.9 Å². The predicted octanol–water partition coefficient (Wildman–Crippen LogP) is 2.77. The van der Waals surface area contributed by atoms with Crippen LogP contribution in [0.25, 0.3) is 0 Å². The first kappa shape index (κ1) is 12.9. The van der Waals surface area contributed by atoms with E-state index >= 15 is 0 Å². The van der Waals surface area contributed by atoms with Gasteiger partial charge in [0.2, 0.25) is 0 Å². The molecular formula is C14H21ClN2. The zero-order chi connectivity index (χ0) is 12.3. The monoisotopic (exact) mass is 252 g/mol.